The molecular weight excluding hydrogens is 328 g/mol. The van der Waals surface area contributed by atoms with Crippen LogP contribution in [0.2, 0.25) is 0 Å². The normalized spacial score (nSPS) is 16.2. The van der Waals surface area contributed by atoms with E-state index in [1.807, 2.05) is 0 Å². The van der Waals surface area contributed by atoms with Crippen molar-refractivity contribution in [1.29, 1.82) is 0 Å². The first-order chi connectivity index (χ1) is 12.1. The summed E-state index contributed by atoms with van der Waals surface area (Å²) in [5.41, 5.74) is 1.01. The average molecular weight is 341 g/mol. The van der Waals surface area contributed by atoms with Crippen molar-refractivity contribution in [2.24, 2.45) is 0 Å². The van der Waals surface area contributed by atoms with E-state index in [9.17, 15) is 13.6 Å². The van der Waals surface area contributed by atoms with Crippen molar-refractivity contribution in [3.63, 3.8) is 0 Å². The molecule has 4 rings (SSSR count). The third-order valence-electron chi connectivity index (χ3n) is 4.03. The van der Waals surface area contributed by atoms with Gasteiger partial charge in [0.2, 0.25) is 0 Å². The van der Waals surface area contributed by atoms with Crippen LogP contribution in [0.15, 0.2) is 59.3 Å². The summed E-state index contributed by atoms with van der Waals surface area (Å²) in [5.74, 6) is -1.06. The summed E-state index contributed by atoms with van der Waals surface area (Å²) in [7, 11) is 0. The molecule has 2 aromatic heterocycles. The third kappa shape index (κ3) is 2.73. The number of hydrogen-bond acceptors (Lipinski definition) is 4. The molecule has 0 spiro atoms. The van der Waals surface area contributed by atoms with Crippen molar-refractivity contribution in [2.45, 2.75) is 12.7 Å². The van der Waals surface area contributed by atoms with E-state index in [4.69, 9.17) is 4.42 Å². The van der Waals surface area contributed by atoms with Crippen LogP contribution in [0.5, 0.6) is 0 Å². The zero-order valence-corrected chi connectivity index (χ0v) is 12.9. The number of anilines is 1. The predicted octanol–water partition coefficient (Wildman–Crippen LogP) is 3.72. The Morgan fingerprint density at radius 3 is 2.84 bits per heavy atom. The van der Waals surface area contributed by atoms with Crippen molar-refractivity contribution in [3.8, 4) is 0 Å². The highest BCUT2D eigenvalue weighted by Gasteiger charge is 2.38. The highest BCUT2D eigenvalue weighted by Crippen LogP contribution is 2.34. The molecule has 1 aliphatic heterocycles. The van der Waals surface area contributed by atoms with E-state index in [2.05, 4.69) is 10.3 Å². The molecule has 0 saturated carbocycles. The number of furan rings is 1. The molecule has 0 fully saturated rings. The first-order valence-corrected chi connectivity index (χ1v) is 7.63. The lowest BCUT2D eigenvalue weighted by Gasteiger charge is -2.25. The maximum Gasteiger partial charge on any atom is 0.258 e. The number of carbonyl (C=O) groups excluding carboxylic acids is 1. The number of pyridine rings is 1. The lowest BCUT2D eigenvalue weighted by Crippen LogP contribution is -2.32. The van der Waals surface area contributed by atoms with E-state index in [1.54, 1.807) is 30.5 Å². The zero-order valence-electron chi connectivity index (χ0n) is 12.9. The zero-order chi connectivity index (χ0) is 17.4. The number of hydrogen-bond donors (Lipinski definition) is 1. The van der Waals surface area contributed by atoms with E-state index in [0.717, 1.165) is 12.1 Å². The molecule has 1 atom stereocenters. The Hall–Kier alpha value is -3.22. The third-order valence-corrected chi connectivity index (χ3v) is 4.03. The molecule has 1 N–H and O–H groups in total. The van der Waals surface area contributed by atoms with Gasteiger partial charge in [-0.3, -0.25) is 9.78 Å². The fraction of sp³-hybridized carbons (Fsp3) is 0.111. The van der Waals surface area contributed by atoms with Gasteiger partial charge in [0.05, 0.1) is 29.8 Å². The van der Waals surface area contributed by atoms with E-state index in [1.165, 1.54) is 17.2 Å². The number of benzene rings is 1. The second-order valence-corrected chi connectivity index (χ2v) is 5.62. The topological polar surface area (TPSA) is 58.4 Å². The number of nitrogens with zero attached hydrogens (tertiary/aromatic N) is 2. The fourth-order valence-corrected chi connectivity index (χ4v) is 2.87. The van der Waals surface area contributed by atoms with E-state index in [0.29, 0.717) is 17.0 Å². The first-order valence-electron chi connectivity index (χ1n) is 7.63. The molecule has 0 radical (unpaired) electrons. The highest BCUT2D eigenvalue weighted by molar-refractivity contribution is 5.98. The minimum absolute atomic E-state index is 0.0853. The second kappa shape index (κ2) is 6.01. The van der Waals surface area contributed by atoms with Crippen LogP contribution in [-0.2, 0) is 6.54 Å². The quantitative estimate of drug-likeness (QED) is 0.786. The molecular formula is C18H13F2N3O2. The highest BCUT2D eigenvalue weighted by atomic mass is 19.1. The van der Waals surface area contributed by atoms with Gasteiger partial charge in [-0.2, -0.15) is 0 Å². The molecule has 7 heteroatoms. The molecule has 126 valence electrons. The largest absolute Gasteiger partial charge is 0.467 e. The number of fused-ring (bicyclic) bond motifs is 1. The molecule has 0 aliphatic carbocycles. The summed E-state index contributed by atoms with van der Waals surface area (Å²) in [6.07, 6.45) is 2.40. The van der Waals surface area contributed by atoms with Crippen LogP contribution >= 0.6 is 0 Å². The lowest BCUT2D eigenvalue weighted by molar-refractivity contribution is 0.0714. The molecule has 3 aromatic rings. The maximum atomic E-state index is 14.0. The van der Waals surface area contributed by atoms with Crippen molar-refractivity contribution in [3.05, 3.63) is 83.6 Å². The average Bonchev–Trinajstić information content (AvgIpc) is 3.20. The molecule has 3 heterocycles. The minimum Gasteiger partial charge on any atom is -0.467 e. The van der Waals surface area contributed by atoms with Gasteiger partial charge in [-0.25, -0.2) is 8.78 Å². The van der Waals surface area contributed by atoms with Crippen LogP contribution in [0.3, 0.4) is 0 Å². The predicted molar refractivity (Wildman–Crippen MR) is 85.5 cm³/mol. The van der Waals surface area contributed by atoms with Gasteiger partial charge in [-0.05, 0) is 36.4 Å². The maximum absolute atomic E-state index is 14.0. The number of halogens is 2. The second-order valence-electron chi connectivity index (χ2n) is 5.62. The summed E-state index contributed by atoms with van der Waals surface area (Å²) in [6, 6.07) is 10.0. The summed E-state index contributed by atoms with van der Waals surface area (Å²) in [6.45, 7) is 0.197. The van der Waals surface area contributed by atoms with E-state index >= 15 is 0 Å². The Balaban J connectivity index is 1.71. The Morgan fingerprint density at radius 2 is 2.08 bits per heavy atom. The van der Waals surface area contributed by atoms with E-state index < -0.39 is 17.8 Å². The van der Waals surface area contributed by atoms with Gasteiger partial charge >= 0.3 is 0 Å². The van der Waals surface area contributed by atoms with Gasteiger partial charge < -0.3 is 14.6 Å². The number of aromatic nitrogens is 1. The number of amides is 1. The standard InChI is InChI=1S/C18H13F2N3O2/c19-11-5-6-15(14(20)9-11)22-17-16-13(4-1-7-21-16)18(24)23(17)10-12-3-2-8-25-12/h1-9,17,22H,10H2. The number of carbonyl (C=O) groups is 1. The summed E-state index contributed by atoms with van der Waals surface area (Å²) in [5, 5.41) is 2.94. The smallest absolute Gasteiger partial charge is 0.258 e. The van der Waals surface area contributed by atoms with Crippen molar-refractivity contribution in [1.82, 2.24) is 9.88 Å². The van der Waals surface area contributed by atoms with Gasteiger partial charge in [0.25, 0.3) is 5.91 Å². The van der Waals surface area contributed by atoms with Crippen molar-refractivity contribution < 1.29 is 18.0 Å². The van der Waals surface area contributed by atoms with Crippen LogP contribution < -0.4 is 5.32 Å². The molecule has 25 heavy (non-hydrogen) atoms. The van der Waals surface area contributed by atoms with E-state index in [-0.39, 0.29) is 18.1 Å². The molecule has 5 nitrogen and oxygen atoms in total. The van der Waals surface area contributed by atoms with Gasteiger partial charge in [-0.1, -0.05) is 0 Å². The monoisotopic (exact) mass is 341 g/mol. The van der Waals surface area contributed by atoms with Crippen LogP contribution in [0.25, 0.3) is 0 Å². The molecule has 1 aromatic carbocycles. The Labute approximate surface area is 141 Å². The summed E-state index contributed by atoms with van der Waals surface area (Å²) >= 11 is 0. The molecule has 0 bridgehead atoms. The Kier molecular flexibility index (Phi) is 3.68. The van der Waals surface area contributed by atoms with Crippen LogP contribution in [0, 0.1) is 11.6 Å². The Bertz CT molecular complexity index is 928. The first kappa shape index (κ1) is 15.3. The van der Waals surface area contributed by atoms with Gasteiger partial charge in [0.15, 0.2) is 0 Å². The molecule has 1 unspecified atom stereocenters. The van der Waals surface area contributed by atoms with Crippen molar-refractivity contribution in [2.75, 3.05) is 5.32 Å². The van der Waals surface area contributed by atoms with Crippen LogP contribution in [0.4, 0.5) is 14.5 Å². The fourth-order valence-electron chi connectivity index (χ4n) is 2.87. The van der Waals surface area contributed by atoms with Gasteiger partial charge in [-0.15, -0.1) is 0 Å². The SMILES string of the molecule is O=C1c2cccnc2C(Nc2ccc(F)cc2F)N1Cc1ccco1. The number of rotatable bonds is 4. The molecule has 1 aliphatic rings. The Morgan fingerprint density at radius 1 is 1.20 bits per heavy atom. The summed E-state index contributed by atoms with van der Waals surface area (Å²) < 4.78 is 32.5. The molecule has 0 saturated heterocycles. The number of nitrogens with one attached hydrogen (secondary N) is 1. The van der Waals surface area contributed by atoms with Crippen LogP contribution in [-0.4, -0.2) is 15.8 Å². The van der Waals surface area contributed by atoms with Crippen molar-refractivity contribution >= 4 is 11.6 Å². The van der Waals surface area contributed by atoms with Gasteiger partial charge in [0, 0.05) is 12.3 Å². The van der Waals surface area contributed by atoms with Gasteiger partial charge in [0.1, 0.15) is 23.6 Å². The summed E-state index contributed by atoms with van der Waals surface area (Å²) in [4.78, 5) is 18.5. The minimum atomic E-state index is -0.741. The van der Waals surface area contributed by atoms with Crippen LogP contribution in [0.1, 0.15) is 28.0 Å². The molecule has 1 amide bonds. The lowest BCUT2D eigenvalue weighted by atomic mass is 10.2.